The van der Waals surface area contributed by atoms with E-state index >= 15 is 0 Å². The number of aryl methyl sites for hydroxylation is 1. The molecule has 0 radical (unpaired) electrons. The topological polar surface area (TPSA) is 60.9 Å². The highest BCUT2D eigenvalue weighted by molar-refractivity contribution is 5.42. The van der Waals surface area contributed by atoms with Crippen LogP contribution < -0.4 is 0 Å². The number of ether oxygens (including phenoxy) is 1. The fourth-order valence-electron chi connectivity index (χ4n) is 2.21. The van der Waals surface area contributed by atoms with Gasteiger partial charge < -0.3 is 9.84 Å². The van der Waals surface area contributed by atoms with Crippen molar-refractivity contribution in [3.05, 3.63) is 52.3 Å². The second-order valence-corrected chi connectivity index (χ2v) is 4.79. The number of diazo groups is 1. The highest BCUT2D eigenvalue weighted by atomic mass is 16.6. The lowest BCUT2D eigenvalue weighted by molar-refractivity contribution is 0.240. The second-order valence-electron chi connectivity index (χ2n) is 4.79. The summed E-state index contributed by atoms with van der Waals surface area (Å²) in [7, 11) is 0. The van der Waals surface area contributed by atoms with Crippen LogP contribution in [0.25, 0.3) is 4.98 Å². The van der Waals surface area contributed by atoms with Gasteiger partial charge in [0.05, 0.1) is 0 Å². The first-order valence-corrected chi connectivity index (χ1v) is 5.45. The average molecular weight is 231 g/mol. The van der Waals surface area contributed by atoms with Crippen molar-refractivity contribution in [3.8, 4) is 0 Å². The largest absolute Gasteiger partial charge is 0.503 e. The van der Waals surface area contributed by atoms with Gasteiger partial charge in [0, 0.05) is 0 Å². The Bertz CT molecular complexity index is 511. The SMILES string of the molecule is Cc1ccc(C2(C(O)=C[N+]#N)OC2(C)C)cc1. The number of rotatable bonds is 2. The number of benzene rings is 1. The van der Waals surface area contributed by atoms with E-state index in [1.165, 1.54) is 0 Å². The van der Waals surface area contributed by atoms with E-state index in [2.05, 4.69) is 4.98 Å². The lowest BCUT2D eigenvalue weighted by Crippen LogP contribution is -2.21. The summed E-state index contributed by atoms with van der Waals surface area (Å²) in [5.74, 6) is -0.0890. The summed E-state index contributed by atoms with van der Waals surface area (Å²) in [5.41, 5.74) is 0.587. The molecule has 1 N–H and O–H groups in total. The molecule has 4 nitrogen and oxygen atoms in total. The Morgan fingerprint density at radius 3 is 2.29 bits per heavy atom. The number of aliphatic hydroxyl groups excluding tert-OH is 1. The summed E-state index contributed by atoms with van der Waals surface area (Å²) in [5, 5.41) is 18.5. The normalized spacial score (nSPS) is 26.4. The van der Waals surface area contributed by atoms with Crippen molar-refractivity contribution in [2.24, 2.45) is 0 Å². The maximum atomic E-state index is 9.98. The highest BCUT2D eigenvalue weighted by Gasteiger charge is 2.69. The molecule has 1 heterocycles. The third-order valence-corrected chi connectivity index (χ3v) is 3.21. The Kier molecular flexibility index (Phi) is 2.44. The van der Waals surface area contributed by atoms with Gasteiger partial charge in [0.2, 0.25) is 11.2 Å². The lowest BCUT2D eigenvalue weighted by Gasteiger charge is -2.12. The van der Waals surface area contributed by atoms with Gasteiger partial charge in [-0.05, 0) is 26.3 Å². The number of aliphatic hydroxyl groups is 1. The second kappa shape index (κ2) is 3.57. The van der Waals surface area contributed by atoms with Crippen molar-refractivity contribution in [2.75, 3.05) is 0 Å². The third kappa shape index (κ3) is 1.60. The molecule has 1 atom stereocenters. The Morgan fingerprint density at radius 2 is 1.88 bits per heavy atom. The van der Waals surface area contributed by atoms with Crippen molar-refractivity contribution in [1.82, 2.24) is 0 Å². The van der Waals surface area contributed by atoms with Gasteiger partial charge in [0.15, 0.2) is 10.6 Å². The molecule has 1 aliphatic rings. The summed E-state index contributed by atoms with van der Waals surface area (Å²) in [6.07, 6.45) is 1.01. The van der Waals surface area contributed by atoms with Crippen LogP contribution in [0.3, 0.4) is 0 Å². The smallest absolute Gasteiger partial charge is 0.390 e. The summed E-state index contributed by atoms with van der Waals surface area (Å²) in [6, 6.07) is 7.73. The van der Waals surface area contributed by atoms with E-state index in [0.29, 0.717) is 0 Å². The Hall–Kier alpha value is -1.86. The van der Waals surface area contributed by atoms with Crippen LogP contribution >= 0.6 is 0 Å². The summed E-state index contributed by atoms with van der Waals surface area (Å²) in [6.45, 7) is 5.76. The Balaban J connectivity index is 2.49. The maximum absolute atomic E-state index is 9.98. The number of hydrogen-bond acceptors (Lipinski definition) is 3. The molecule has 88 valence electrons. The van der Waals surface area contributed by atoms with Crippen LogP contribution in [0.5, 0.6) is 0 Å². The molecular formula is C13H15N2O2+. The predicted octanol–water partition coefficient (Wildman–Crippen LogP) is 3.25. The Labute approximate surface area is 100 Å². The van der Waals surface area contributed by atoms with E-state index in [-0.39, 0.29) is 5.76 Å². The summed E-state index contributed by atoms with van der Waals surface area (Å²) < 4.78 is 5.64. The Morgan fingerprint density at radius 1 is 1.35 bits per heavy atom. The lowest BCUT2D eigenvalue weighted by atomic mass is 9.86. The van der Waals surface area contributed by atoms with E-state index in [0.717, 1.165) is 17.3 Å². The van der Waals surface area contributed by atoms with E-state index < -0.39 is 11.2 Å². The van der Waals surface area contributed by atoms with Crippen LogP contribution in [0.2, 0.25) is 0 Å². The minimum atomic E-state index is -0.896. The number of nitrogens with zero attached hydrogens (tertiary/aromatic N) is 2. The minimum absolute atomic E-state index is 0.0890. The molecule has 1 saturated heterocycles. The molecular weight excluding hydrogens is 216 g/mol. The van der Waals surface area contributed by atoms with Crippen LogP contribution in [0.4, 0.5) is 0 Å². The van der Waals surface area contributed by atoms with Crippen molar-refractivity contribution in [2.45, 2.75) is 32.0 Å². The number of epoxide rings is 1. The zero-order valence-corrected chi connectivity index (χ0v) is 10.1. The van der Waals surface area contributed by atoms with Gasteiger partial charge in [0.25, 0.3) is 0 Å². The molecule has 1 unspecified atom stereocenters. The first kappa shape index (κ1) is 11.6. The van der Waals surface area contributed by atoms with Gasteiger partial charge in [0.1, 0.15) is 5.60 Å². The van der Waals surface area contributed by atoms with Gasteiger partial charge in [-0.25, -0.2) is 0 Å². The molecule has 0 spiro atoms. The van der Waals surface area contributed by atoms with Crippen LogP contribution in [0, 0.1) is 12.3 Å². The predicted molar refractivity (Wildman–Crippen MR) is 63.8 cm³/mol. The van der Waals surface area contributed by atoms with E-state index in [9.17, 15) is 5.11 Å². The maximum Gasteiger partial charge on any atom is 0.390 e. The molecule has 4 heteroatoms. The van der Waals surface area contributed by atoms with Crippen molar-refractivity contribution in [1.29, 1.82) is 5.39 Å². The van der Waals surface area contributed by atoms with Crippen LogP contribution in [-0.2, 0) is 10.3 Å². The molecule has 0 aromatic heterocycles. The van der Waals surface area contributed by atoms with Crippen LogP contribution in [-0.4, -0.2) is 10.7 Å². The molecule has 2 rings (SSSR count). The molecule has 0 saturated carbocycles. The molecule has 1 aromatic rings. The zero-order chi connectivity index (χ0) is 12.7. The van der Waals surface area contributed by atoms with E-state index in [1.54, 1.807) is 0 Å². The molecule has 0 aliphatic carbocycles. The van der Waals surface area contributed by atoms with Crippen molar-refractivity contribution >= 4 is 0 Å². The van der Waals surface area contributed by atoms with Crippen LogP contribution in [0.1, 0.15) is 25.0 Å². The first-order valence-electron chi connectivity index (χ1n) is 5.45. The van der Waals surface area contributed by atoms with E-state index in [1.807, 2.05) is 45.0 Å². The molecule has 1 fully saturated rings. The van der Waals surface area contributed by atoms with Gasteiger partial charge >= 0.3 is 6.20 Å². The highest BCUT2D eigenvalue weighted by Crippen LogP contribution is 2.59. The standard InChI is InChI=1S/C13H14N2O2/c1-9-4-6-10(7-5-9)13(11(16)8-15-14)12(2,3)17-13/h4-8H,1-3H3/p+1. The quantitative estimate of drug-likeness (QED) is 0.483. The summed E-state index contributed by atoms with van der Waals surface area (Å²) >= 11 is 0. The van der Waals surface area contributed by atoms with E-state index in [4.69, 9.17) is 10.1 Å². The van der Waals surface area contributed by atoms with Gasteiger partial charge in [-0.15, -0.1) is 0 Å². The molecule has 1 aliphatic heterocycles. The molecule has 1 aromatic carbocycles. The number of hydrogen-bond donors (Lipinski definition) is 1. The minimum Gasteiger partial charge on any atom is -0.503 e. The molecule has 0 amide bonds. The van der Waals surface area contributed by atoms with Gasteiger partial charge in [-0.1, -0.05) is 29.8 Å². The molecule has 17 heavy (non-hydrogen) atoms. The average Bonchev–Trinajstić information content (AvgIpc) is 2.84. The van der Waals surface area contributed by atoms with Crippen molar-refractivity contribution < 1.29 is 9.84 Å². The fourth-order valence-corrected chi connectivity index (χ4v) is 2.21. The first-order chi connectivity index (χ1) is 7.94. The zero-order valence-electron chi connectivity index (χ0n) is 10.1. The third-order valence-electron chi connectivity index (χ3n) is 3.21. The monoisotopic (exact) mass is 231 g/mol. The van der Waals surface area contributed by atoms with Crippen molar-refractivity contribution in [3.63, 3.8) is 0 Å². The van der Waals surface area contributed by atoms with Gasteiger partial charge in [-0.2, -0.15) is 0 Å². The fraction of sp³-hybridized carbons (Fsp3) is 0.385. The molecule has 0 bridgehead atoms. The summed E-state index contributed by atoms with van der Waals surface area (Å²) in [4.78, 5) is 2.86. The van der Waals surface area contributed by atoms with Crippen LogP contribution in [0.15, 0.2) is 36.2 Å². The van der Waals surface area contributed by atoms with Gasteiger partial charge in [-0.3, -0.25) is 0 Å².